The van der Waals surface area contributed by atoms with Crippen molar-refractivity contribution in [3.8, 4) is 0 Å². The molecule has 0 radical (unpaired) electrons. The smallest absolute Gasteiger partial charge is 0.331 e. The highest BCUT2D eigenvalue weighted by atomic mass is 19.3. The third kappa shape index (κ3) is 2.17. The minimum Gasteiger partial charge on any atom is -0.331 e. The van der Waals surface area contributed by atoms with Crippen LogP contribution in [-0.2, 0) is 4.74 Å². The van der Waals surface area contributed by atoms with E-state index in [4.69, 9.17) is 0 Å². The first kappa shape index (κ1) is 15.1. The molecule has 1 aliphatic carbocycles. The van der Waals surface area contributed by atoms with E-state index in [2.05, 4.69) is 4.74 Å². The minimum atomic E-state index is -5.46. The van der Waals surface area contributed by atoms with Crippen LogP contribution >= 0.6 is 0 Å². The molecule has 0 aliphatic heterocycles. The predicted octanol–water partition coefficient (Wildman–Crippen LogP) is 3.41. The minimum absolute atomic E-state index is 0.478. The molecule has 1 rings (SSSR count). The Bertz CT molecular complexity index is 350. The number of halogens is 9. The van der Waals surface area contributed by atoms with Gasteiger partial charge in [0.1, 0.15) is 6.61 Å². The Kier molecular flexibility index (Phi) is 3.39. The lowest BCUT2D eigenvalue weighted by atomic mass is 10.1. The van der Waals surface area contributed by atoms with Crippen molar-refractivity contribution in [2.45, 2.75) is 30.0 Å². The van der Waals surface area contributed by atoms with Gasteiger partial charge in [-0.05, 0) is 12.2 Å². The van der Waals surface area contributed by atoms with Crippen molar-refractivity contribution in [1.82, 2.24) is 0 Å². The highest BCUT2D eigenvalue weighted by molar-refractivity contribution is 5.23. The van der Waals surface area contributed by atoms with E-state index >= 15 is 0 Å². The van der Waals surface area contributed by atoms with Gasteiger partial charge >= 0.3 is 24.2 Å². The van der Waals surface area contributed by atoms with Crippen molar-refractivity contribution < 1.29 is 44.3 Å². The van der Waals surface area contributed by atoms with Crippen molar-refractivity contribution in [2.24, 2.45) is 0 Å². The molecule has 0 aromatic heterocycles. The quantitative estimate of drug-likeness (QED) is 0.569. The molecule has 0 bridgehead atoms. The van der Waals surface area contributed by atoms with Crippen LogP contribution in [0, 0.1) is 0 Å². The Morgan fingerprint density at radius 2 is 1.50 bits per heavy atom. The monoisotopic (exact) mass is 288 g/mol. The molecule has 10 heteroatoms. The van der Waals surface area contributed by atoms with Crippen LogP contribution in [0.4, 0.5) is 39.5 Å². The average molecular weight is 288 g/mol. The van der Waals surface area contributed by atoms with Gasteiger partial charge in [0.05, 0.1) is 0 Å². The van der Waals surface area contributed by atoms with Crippen LogP contribution in [0.1, 0.15) is 0 Å². The highest BCUT2D eigenvalue weighted by Crippen LogP contribution is 2.52. The molecule has 0 fully saturated rings. The van der Waals surface area contributed by atoms with E-state index in [0.717, 1.165) is 0 Å². The fourth-order valence-electron chi connectivity index (χ4n) is 1.05. The van der Waals surface area contributed by atoms with Crippen molar-refractivity contribution >= 4 is 0 Å². The van der Waals surface area contributed by atoms with Gasteiger partial charge in [0.25, 0.3) is 5.85 Å². The Hall–Kier alpha value is -0.930. The summed E-state index contributed by atoms with van der Waals surface area (Å²) in [5.74, 6) is -19.9. The maximum Gasteiger partial charge on any atom is 0.374 e. The van der Waals surface area contributed by atoms with Gasteiger partial charge in [-0.15, -0.1) is 0 Å². The van der Waals surface area contributed by atoms with E-state index < -0.39 is 48.8 Å². The number of hydrogen-bond acceptors (Lipinski definition) is 1. The summed E-state index contributed by atoms with van der Waals surface area (Å²) in [7, 11) is 0. The van der Waals surface area contributed by atoms with E-state index in [-0.39, 0.29) is 0 Å². The van der Waals surface area contributed by atoms with Gasteiger partial charge in [0.15, 0.2) is 0 Å². The Morgan fingerprint density at radius 1 is 1.00 bits per heavy atom. The molecule has 1 aliphatic rings. The van der Waals surface area contributed by atoms with Gasteiger partial charge < -0.3 is 4.74 Å². The molecule has 0 saturated carbocycles. The summed E-state index contributed by atoms with van der Waals surface area (Å²) < 4.78 is 115. The summed E-state index contributed by atoms with van der Waals surface area (Å²) in [5.41, 5.74) is 0. The molecule has 1 atom stereocenters. The molecule has 0 aromatic carbocycles. The molecule has 1 nitrogen and oxygen atoms in total. The Labute approximate surface area is 94.2 Å². The molecule has 0 spiro atoms. The lowest BCUT2D eigenvalue weighted by Crippen LogP contribution is -2.53. The van der Waals surface area contributed by atoms with E-state index in [1.165, 1.54) is 0 Å². The number of allylic oxidation sites excluding steroid dienone is 1. The van der Waals surface area contributed by atoms with Crippen LogP contribution in [0.15, 0.2) is 12.2 Å². The maximum absolute atomic E-state index is 13.3. The van der Waals surface area contributed by atoms with Gasteiger partial charge in [-0.25, -0.2) is 13.2 Å². The largest absolute Gasteiger partial charge is 0.374 e. The highest BCUT2D eigenvalue weighted by Gasteiger charge is 2.73. The van der Waals surface area contributed by atoms with Crippen LogP contribution in [0.3, 0.4) is 0 Å². The second-order valence-electron chi connectivity index (χ2n) is 3.53. The lowest BCUT2D eigenvalue weighted by molar-refractivity contribution is -0.318. The summed E-state index contributed by atoms with van der Waals surface area (Å²) in [6.45, 7) is -2.46. The van der Waals surface area contributed by atoms with E-state index in [1.54, 1.807) is 0 Å². The molecular formula is C8H5F9O. The third-order valence-corrected chi connectivity index (χ3v) is 2.15. The first-order valence-corrected chi connectivity index (χ1v) is 4.31. The molecule has 1 unspecified atom stereocenters. The Morgan fingerprint density at radius 3 is 1.83 bits per heavy atom. The average Bonchev–Trinajstić information content (AvgIpc) is 2.37. The van der Waals surface area contributed by atoms with Crippen molar-refractivity contribution in [2.75, 3.05) is 6.61 Å². The van der Waals surface area contributed by atoms with E-state index in [9.17, 15) is 39.5 Å². The van der Waals surface area contributed by atoms with Crippen molar-refractivity contribution in [1.29, 1.82) is 0 Å². The second kappa shape index (κ2) is 4.04. The zero-order valence-corrected chi connectivity index (χ0v) is 8.25. The number of hydrogen-bond donors (Lipinski definition) is 0. The Balaban J connectivity index is 2.83. The maximum atomic E-state index is 13.3. The summed E-state index contributed by atoms with van der Waals surface area (Å²) in [5, 5.41) is 0. The normalized spacial score (nSPS) is 30.1. The van der Waals surface area contributed by atoms with E-state index in [1.807, 2.05) is 0 Å². The van der Waals surface area contributed by atoms with Crippen molar-refractivity contribution in [3.05, 3.63) is 12.2 Å². The van der Waals surface area contributed by atoms with Crippen LogP contribution < -0.4 is 0 Å². The van der Waals surface area contributed by atoms with E-state index in [0.29, 0.717) is 0 Å². The summed E-state index contributed by atoms with van der Waals surface area (Å²) in [6.07, 6.45) is -5.36. The van der Waals surface area contributed by atoms with Gasteiger partial charge in [-0.1, -0.05) is 0 Å². The molecule has 0 aromatic rings. The molecule has 0 heterocycles. The standard InChI is InChI=1S/C8H5F9O/c9-4(10)5(11,12)3-18-7(15)2-1-6(13,14)8(7,16)17/h1-2,4H,3H2. The topological polar surface area (TPSA) is 9.23 Å². The van der Waals surface area contributed by atoms with Crippen LogP contribution in [0.2, 0.25) is 0 Å². The second-order valence-corrected chi connectivity index (χ2v) is 3.53. The zero-order chi connectivity index (χ0) is 14.4. The molecule has 106 valence electrons. The summed E-state index contributed by atoms with van der Waals surface area (Å²) >= 11 is 0. The lowest BCUT2D eigenvalue weighted by Gasteiger charge is -2.30. The van der Waals surface area contributed by atoms with Gasteiger partial charge in [0.2, 0.25) is 0 Å². The van der Waals surface area contributed by atoms with Gasteiger partial charge in [-0.2, -0.15) is 26.3 Å². The predicted molar refractivity (Wildman–Crippen MR) is 39.8 cm³/mol. The van der Waals surface area contributed by atoms with Crippen molar-refractivity contribution in [3.63, 3.8) is 0 Å². The SMILES string of the molecule is FC(F)C(F)(F)COC1(F)C=CC(F)(F)C1(F)F. The van der Waals surface area contributed by atoms with Gasteiger partial charge in [-0.3, -0.25) is 0 Å². The van der Waals surface area contributed by atoms with Crippen LogP contribution in [-0.4, -0.2) is 36.7 Å². The summed E-state index contributed by atoms with van der Waals surface area (Å²) in [4.78, 5) is 0. The van der Waals surface area contributed by atoms with Crippen LogP contribution in [0.25, 0.3) is 0 Å². The fourth-order valence-corrected chi connectivity index (χ4v) is 1.05. The molecule has 0 saturated heterocycles. The molecule has 0 amide bonds. The fraction of sp³-hybridized carbons (Fsp3) is 0.750. The number of rotatable bonds is 4. The zero-order valence-electron chi connectivity index (χ0n) is 8.25. The van der Waals surface area contributed by atoms with Gasteiger partial charge in [0, 0.05) is 0 Å². The van der Waals surface area contributed by atoms with Crippen LogP contribution in [0.5, 0.6) is 0 Å². The number of ether oxygens (including phenoxy) is 1. The first-order chi connectivity index (χ1) is 7.86. The third-order valence-electron chi connectivity index (χ3n) is 2.15. The molecular weight excluding hydrogens is 283 g/mol. The first-order valence-electron chi connectivity index (χ1n) is 4.31. The summed E-state index contributed by atoms with van der Waals surface area (Å²) in [6, 6.07) is 0. The number of alkyl halides is 9. The molecule has 18 heavy (non-hydrogen) atoms. The molecule has 0 N–H and O–H groups in total.